The minimum absolute atomic E-state index is 0.131. The van der Waals surface area contributed by atoms with Crippen LogP contribution >= 0.6 is 0 Å². The van der Waals surface area contributed by atoms with E-state index in [2.05, 4.69) is 0 Å². The summed E-state index contributed by atoms with van der Waals surface area (Å²) in [5.74, 6) is 0.391. The fourth-order valence-corrected chi connectivity index (χ4v) is 2.06. The van der Waals surface area contributed by atoms with Gasteiger partial charge in [-0.3, -0.25) is 4.79 Å². The van der Waals surface area contributed by atoms with Crippen LogP contribution in [-0.2, 0) is 9.53 Å². The number of hydrogen-bond donors (Lipinski definition) is 0. The summed E-state index contributed by atoms with van der Waals surface area (Å²) < 4.78 is 16.0. The highest BCUT2D eigenvalue weighted by atomic mass is 16.6. The van der Waals surface area contributed by atoms with Gasteiger partial charge in [-0.2, -0.15) is 5.26 Å². The number of carbonyl (C=O) groups is 1. The highest BCUT2D eigenvalue weighted by Gasteiger charge is 2.24. The Labute approximate surface area is 118 Å². The number of esters is 1. The van der Waals surface area contributed by atoms with E-state index in [1.165, 1.54) is 0 Å². The number of ether oxygens (including phenoxy) is 3. The van der Waals surface area contributed by atoms with Gasteiger partial charge in [0.15, 0.2) is 11.5 Å². The number of carbonyl (C=O) groups excluding carboxylic acids is 1. The molecule has 0 saturated carbocycles. The van der Waals surface area contributed by atoms with Crippen LogP contribution in [0.15, 0.2) is 18.2 Å². The lowest BCUT2D eigenvalue weighted by molar-refractivity contribution is -0.142. The topological polar surface area (TPSA) is 68.5 Å². The second-order valence-corrected chi connectivity index (χ2v) is 4.51. The Morgan fingerprint density at radius 2 is 2.15 bits per heavy atom. The molecule has 1 aromatic carbocycles. The molecule has 1 aromatic rings. The molecule has 5 heteroatoms. The molecular formula is C15H17NO4. The number of nitriles is 1. The van der Waals surface area contributed by atoms with Gasteiger partial charge in [0, 0.05) is 19.3 Å². The molecule has 106 valence electrons. The molecule has 0 unspecified atom stereocenters. The number of hydrogen-bond acceptors (Lipinski definition) is 5. The van der Waals surface area contributed by atoms with Gasteiger partial charge in [-0.05, 0) is 31.9 Å². The van der Waals surface area contributed by atoms with Crippen molar-refractivity contribution in [1.29, 1.82) is 5.26 Å². The molecule has 0 atom stereocenters. The van der Waals surface area contributed by atoms with Crippen LogP contribution in [0.25, 0.3) is 0 Å². The molecule has 0 amide bonds. The summed E-state index contributed by atoms with van der Waals surface area (Å²) in [6, 6.07) is 6.82. The maximum atomic E-state index is 12.1. The predicted molar refractivity (Wildman–Crippen MR) is 71.5 cm³/mol. The summed E-state index contributed by atoms with van der Waals surface area (Å²) >= 11 is 0. The number of rotatable bonds is 4. The number of nitrogens with zero attached hydrogens (tertiary/aromatic N) is 1. The van der Waals surface area contributed by atoms with Gasteiger partial charge in [-0.1, -0.05) is 0 Å². The molecule has 2 rings (SSSR count). The van der Waals surface area contributed by atoms with Crippen molar-refractivity contribution in [2.75, 3.05) is 19.8 Å². The van der Waals surface area contributed by atoms with Gasteiger partial charge in [-0.15, -0.1) is 0 Å². The Kier molecular flexibility index (Phi) is 4.97. The van der Waals surface area contributed by atoms with E-state index < -0.39 is 0 Å². The van der Waals surface area contributed by atoms with Crippen molar-refractivity contribution < 1.29 is 19.0 Å². The Balaban J connectivity index is 2.11. The van der Waals surface area contributed by atoms with E-state index in [-0.39, 0.29) is 11.9 Å². The lowest BCUT2D eigenvalue weighted by Gasteiger charge is -2.21. The first kappa shape index (κ1) is 14.4. The Morgan fingerprint density at radius 3 is 2.80 bits per heavy atom. The lowest BCUT2D eigenvalue weighted by atomic mass is 10.0. The van der Waals surface area contributed by atoms with Crippen LogP contribution in [-0.4, -0.2) is 25.8 Å². The smallest absolute Gasteiger partial charge is 0.314 e. The average Bonchev–Trinajstić information content (AvgIpc) is 2.50. The van der Waals surface area contributed by atoms with Crippen LogP contribution in [0.1, 0.15) is 25.3 Å². The first-order valence-electron chi connectivity index (χ1n) is 6.71. The van der Waals surface area contributed by atoms with Crippen molar-refractivity contribution in [1.82, 2.24) is 0 Å². The van der Waals surface area contributed by atoms with Gasteiger partial charge in [0.05, 0.1) is 24.2 Å². The van der Waals surface area contributed by atoms with Crippen molar-refractivity contribution >= 4 is 5.97 Å². The van der Waals surface area contributed by atoms with Gasteiger partial charge in [0.1, 0.15) is 0 Å². The summed E-state index contributed by atoms with van der Waals surface area (Å²) in [4.78, 5) is 12.1. The van der Waals surface area contributed by atoms with Crippen molar-refractivity contribution in [3.63, 3.8) is 0 Å². The van der Waals surface area contributed by atoms with E-state index in [9.17, 15) is 4.79 Å². The maximum absolute atomic E-state index is 12.1. The minimum Gasteiger partial charge on any atom is -0.490 e. The van der Waals surface area contributed by atoms with Crippen LogP contribution in [0.3, 0.4) is 0 Å². The first-order valence-corrected chi connectivity index (χ1v) is 6.71. The monoisotopic (exact) mass is 275 g/mol. The van der Waals surface area contributed by atoms with Gasteiger partial charge >= 0.3 is 5.97 Å². The zero-order chi connectivity index (χ0) is 14.4. The number of benzene rings is 1. The zero-order valence-electron chi connectivity index (χ0n) is 11.4. The molecule has 0 bridgehead atoms. The van der Waals surface area contributed by atoms with Crippen LogP contribution in [0.2, 0.25) is 0 Å². The van der Waals surface area contributed by atoms with E-state index in [4.69, 9.17) is 19.5 Å². The van der Waals surface area contributed by atoms with Crippen LogP contribution in [0, 0.1) is 17.2 Å². The van der Waals surface area contributed by atoms with Gasteiger partial charge < -0.3 is 14.2 Å². The Bertz CT molecular complexity index is 515. The van der Waals surface area contributed by atoms with Gasteiger partial charge in [-0.25, -0.2) is 0 Å². The second-order valence-electron chi connectivity index (χ2n) is 4.51. The van der Waals surface area contributed by atoms with Crippen molar-refractivity contribution in [3.8, 4) is 17.6 Å². The van der Waals surface area contributed by atoms with Crippen molar-refractivity contribution in [3.05, 3.63) is 23.8 Å². The molecule has 0 N–H and O–H groups in total. The molecular weight excluding hydrogens is 258 g/mol. The van der Waals surface area contributed by atoms with Crippen molar-refractivity contribution in [2.24, 2.45) is 5.92 Å². The summed E-state index contributed by atoms with van der Waals surface area (Å²) in [5, 5.41) is 8.88. The zero-order valence-corrected chi connectivity index (χ0v) is 11.4. The highest BCUT2D eigenvalue weighted by Crippen LogP contribution is 2.30. The average molecular weight is 275 g/mol. The van der Waals surface area contributed by atoms with E-state index in [1.54, 1.807) is 18.2 Å². The van der Waals surface area contributed by atoms with E-state index in [0.717, 1.165) is 0 Å². The maximum Gasteiger partial charge on any atom is 0.314 e. The largest absolute Gasteiger partial charge is 0.490 e. The molecule has 1 aliphatic heterocycles. The SMILES string of the molecule is CCOc1cc(C#N)ccc1OC(=O)C1CCOCC1. The van der Waals surface area contributed by atoms with Crippen LogP contribution in [0.5, 0.6) is 11.5 Å². The van der Waals surface area contributed by atoms with Crippen LogP contribution < -0.4 is 9.47 Å². The second kappa shape index (κ2) is 6.92. The third kappa shape index (κ3) is 3.49. The third-order valence-corrected chi connectivity index (χ3v) is 3.14. The molecule has 1 saturated heterocycles. The van der Waals surface area contributed by atoms with E-state index in [0.29, 0.717) is 49.7 Å². The summed E-state index contributed by atoms with van der Waals surface area (Å²) in [6.07, 6.45) is 1.36. The van der Waals surface area contributed by atoms with Gasteiger partial charge in [0.25, 0.3) is 0 Å². The quantitative estimate of drug-likeness (QED) is 0.623. The van der Waals surface area contributed by atoms with Crippen molar-refractivity contribution in [2.45, 2.75) is 19.8 Å². The first-order chi connectivity index (χ1) is 9.74. The fraction of sp³-hybridized carbons (Fsp3) is 0.467. The molecule has 1 aliphatic rings. The summed E-state index contributed by atoms with van der Waals surface area (Å²) in [7, 11) is 0. The standard InChI is InChI=1S/C15H17NO4/c1-2-19-14-9-11(10-16)3-4-13(14)20-15(17)12-5-7-18-8-6-12/h3-4,9,12H,2,5-8H2,1H3. The lowest BCUT2D eigenvalue weighted by Crippen LogP contribution is -2.27. The minimum atomic E-state index is -0.265. The molecule has 1 heterocycles. The van der Waals surface area contributed by atoms with Crippen LogP contribution in [0.4, 0.5) is 0 Å². The molecule has 20 heavy (non-hydrogen) atoms. The van der Waals surface area contributed by atoms with Gasteiger partial charge in [0.2, 0.25) is 0 Å². The summed E-state index contributed by atoms with van der Waals surface area (Å²) in [6.45, 7) is 3.46. The fourth-order valence-electron chi connectivity index (χ4n) is 2.06. The third-order valence-electron chi connectivity index (χ3n) is 3.14. The molecule has 5 nitrogen and oxygen atoms in total. The highest BCUT2D eigenvalue weighted by molar-refractivity contribution is 5.76. The molecule has 1 fully saturated rings. The predicted octanol–water partition coefficient (Wildman–Crippen LogP) is 2.29. The van der Waals surface area contributed by atoms with E-state index in [1.807, 2.05) is 13.0 Å². The Hall–Kier alpha value is -2.06. The molecule has 0 spiro atoms. The normalized spacial score (nSPS) is 15.4. The summed E-state index contributed by atoms with van der Waals surface area (Å²) in [5.41, 5.74) is 0.472. The Morgan fingerprint density at radius 1 is 1.40 bits per heavy atom. The molecule has 0 aromatic heterocycles. The molecule has 0 radical (unpaired) electrons. The van der Waals surface area contributed by atoms with E-state index >= 15 is 0 Å². The molecule has 0 aliphatic carbocycles.